The van der Waals surface area contributed by atoms with Gasteiger partial charge in [0, 0.05) is 40.6 Å². The van der Waals surface area contributed by atoms with Crippen LogP contribution in [0.15, 0.2) is 89.3 Å². The van der Waals surface area contributed by atoms with Crippen molar-refractivity contribution in [1.82, 2.24) is 5.32 Å². The number of allylic oxidation sites excluding steroid dienone is 3. The number of hydrogen-bond acceptors (Lipinski definition) is 5. The molecule has 0 aromatic heterocycles. The molecule has 0 saturated heterocycles. The van der Waals surface area contributed by atoms with Crippen molar-refractivity contribution in [3.63, 3.8) is 0 Å². The van der Waals surface area contributed by atoms with Crippen molar-refractivity contribution >= 4 is 17.4 Å². The van der Waals surface area contributed by atoms with E-state index in [0.717, 1.165) is 39.3 Å². The molecule has 6 heteroatoms. The molecule has 5 rings (SSSR count). The number of Topliss-reactive ketones (excluding diaryl/α,β-unsaturated/α-hetero) is 1. The molecule has 200 valence electrons. The zero-order chi connectivity index (χ0) is 27.7. The van der Waals surface area contributed by atoms with Crippen LogP contribution in [0.1, 0.15) is 53.9 Å². The van der Waals surface area contributed by atoms with Crippen LogP contribution in [0.5, 0.6) is 11.5 Å². The van der Waals surface area contributed by atoms with Crippen molar-refractivity contribution < 1.29 is 19.1 Å². The first kappa shape index (κ1) is 26.3. The number of amides is 1. The molecule has 2 atom stereocenters. The summed E-state index contributed by atoms with van der Waals surface area (Å²) in [4.78, 5) is 27.6. The van der Waals surface area contributed by atoms with Gasteiger partial charge in [0.25, 0.3) is 5.91 Å². The molecule has 3 aromatic rings. The van der Waals surface area contributed by atoms with Crippen LogP contribution in [0.25, 0.3) is 0 Å². The number of carbonyl (C=O) groups is 2. The summed E-state index contributed by atoms with van der Waals surface area (Å²) >= 11 is 0. The van der Waals surface area contributed by atoms with Gasteiger partial charge < -0.3 is 20.1 Å². The van der Waals surface area contributed by atoms with Gasteiger partial charge in [-0.2, -0.15) is 0 Å². The Morgan fingerprint density at radius 1 is 0.821 bits per heavy atom. The molecule has 0 radical (unpaired) electrons. The monoisotopic (exact) mass is 522 g/mol. The Hall–Kier alpha value is -4.32. The molecule has 0 bridgehead atoms. The minimum absolute atomic E-state index is 0.0158. The maximum atomic E-state index is 13.9. The SMILES string of the molecule is COc1ccc([C@H]2CC(=O)C3=C(C2)NC(C)=C(C(=O)Nc2ccc(C)cc2)[C@@H]3c2ccc(C)cc2)cc1OC. The highest BCUT2D eigenvalue weighted by Gasteiger charge is 2.41. The highest BCUT2D eigenvalue weighted by atomic mass is 16.5. The second kappa shape index (κ2) is 10.8. The summed E-state index contributed by atoms with van der Waals surface area (Å²) in [6, 6.07) is 21.6. The quantitative estimate of drug-likeness (QED) is 0.396. The number of nitrogens with one attached hydrogen (secondary N) is 2. The lowest BCUT2D eigenvalue weighted by Gasteiger charge is -2.37. The standard InChI is InChI=1S/C33H34N2O4/c1-19-6-10-22(11-7-19)31-30(33(37)35-25-13-8-20(2)9-14-25)21(3)34-26-16-24(17-27(36)32(26)31)23-12-15-28(38-4)29(18-23)39-5/h6-15,18,24,31,34H,16-17H2,1-5H3,(H,35,37)/t24-,31+/m1/s1. The zero-order valence-corrected chi connectivity index (χ0v) is 23.1. The van der Waals surface area contributed by atoms with Crippen molar-refractivity contribution in [3.8, 4) is 11.5 Å². The average Bonchev–Trinajstić information content (AvgIpc) is 2.93. The van der Waals surface area contributed by atoms with Gasteiger partial charge in [0.05, 0.1) is 14.2 Å². The molecular weight excluding hydrogens is 488 g/mol. The lowest BCUT2D eigenvalue weighted by atomic mass is 9.71. The van der Waals surface area contributed by atoms with Crippen LogP contribution >= 0.6 is 0 Å². The van der Waals surface area contributed by atoms with Crippen LogP contribution < -0.4 is 20.1 Å². The second-order valence-electron chi connectivity index (χ2n) is 10.4. The molecule has 0 spiro atoms. The second-order valence-corrected chi connectivity index (χ2v) is 10.4. The van der Waals surface area contributed by atoms with E-state index in [1.807, 2.05) is 87.5 Å². The molecule has 1 amide bonds. The van der Waals surface area contributed by atoms with E-state index in [1.165, 1.54) is 0 Å². The Morgan fingerprint density at radius 3 is 2.08 bits per heavy atom. The molecule has 0 unspecified atom stereocenters. The number of dihydropyridines is 1. The molecular formula is C33H34N2O4. The number of benzene rings is 3. The van der Waals surface area contributed by atoms with Gasteiger partial charge in [-0.3, -0.25) is 9.59 Å². The Bertz CT molecular complexity index is 1480. The maximum absolute atomic E-state index is 13.9. The van der Waals surface area contributed by atoms with E-state index in [0.29, 0.717) is 35.5 Å². The molecule has 0 fully saturated rings. The van der Waals surface area contributed by atoms with Crippen LogP contribution in [0, 0.1) is 13.8 Å². The van der Waals surface area contributed by atoms with E-state index < -0.39 is 5.92 Å². The molecule has 2 aliphatic rings. The summed E-state index contributed by atoms with van der Waals surface area (Å²) in [5.41, 5.74) is 7.78. The number of rotatable bonds is 6. The summed E-state index contributed by atoms with van der Waals surface area (Å²) < 4.78 is 10.9. The lowest BCUT2D eigenvalue weighted by Crippen LogP contribution is -2.37. The third-order valence-electron chi connectivity index (χ3n) is 7.67. The van der Waals surface area contributed by atoms with E-state index in [1.54, 1.807) is 14.2 Å². The Kier molecular flexibility index (Phi) is 7.29. The predicted molar refractivity (Wildman–Crippen MR) is 153 cm³/mol. The molecule has 2 N–H and O–H groups in total. The van der Waals surface area contributed by atoms with Crippen molar-refractivity contribution in [3.05, 3.63) is 112 Å². The van der Waals surface area contributed by atoms with Gasteiger partial charge in [0.1, 0.15) is 0 Å². The average molecular weight is 523 g/mol. The van der Waals surface area contributed by atoms with E-state index in [2.05, 4.69) is 10.6 Å². The van der Waals surface area contributed by atoms with Crippen LogP contribution in [-0.4, -0.2) is 25.9 Å². The Labute approximate surface area is 229 Å². The van der Waals surface area contributed by atoms with Gasteiger partial charge in [-0.1, -0.05) is 53.6 Å². The Balaban J connectivity index is 1.53. The summed E-state index contributed by atoms with van der Waals surface area (Å²) in [7, 11) is 3.22. The van der Waals surface area contributed by atoms with Crippen molar-refractivity contribution in [2.24, 2.45) is 0 Å². The van der Waals surface area contributed by atoms with Gasteiger partial charge in [-0.05, 0) is 68.5 Å². The molecule has 3 aromatic carbocycles. The fourth-order valence-electron chi connectivity index (χ4n) is 5.61. The number of methoxy groups -OCH3 is 2. The lowest BCUT2D eigenvalue weighted by molar-refractivity contribution is -0.116. The fraction of sp³-hybridized carbons (Fsp3) is 0.273. The highest BCUT2D eigenvalue weighted by molar-refractivity contribution is 6.10. The van der Waals surface area contributed by atoms with Gasteiger partial charge in [-0.25, -0.2) is 0 Å². The summed E-state index contributed by atoms with van der Waals surface area (Å²) in [5, 5.41) is 6.51. The maximum Gasteiger partial charge on any atom is 0.254 e. The van der Waals surface area contributed by atoms with E-state index in [9.17, 15) is 9.59 Å². The van der Waals surface area contributed by atoms with Gasteiger partial charge >= 0.3 is 0 Å². The van der Waals surface area contributed by atoms with Gasteiger partial charge in [-0.15, -0.1) is 0 Å². The van der Waals surface area contributed by atoms with Crippen molar-refractivity contribution in [2.45, 2.75) is 45.4 Å². The third kappa shape index (κ3) is 5.19. The number of hydrogen-bond donors (Lipinski definition) is 2. The number of ketones is 1. The van der Waals surface area contributed by atoms with Gasteiger partial charge in [0.15, 0.2) is 17.3 Å². The highest BCUT2D eigenvalue weighted by Crippen LogP contribution is 2.46. The minimum Gasteiger partial charge on any atom is -0.493 e. The first-order chi connectivity index (χ1) is 18.8. The number of aryl methyl sites for hydroxylation is 2. The molecule has 6 nitrogen and oxygen atoms in total. The van der Waals surface area contributed by atoms with Crippen LogP contribution in [-0.2, 0) is 9.59 Å². The minimum atomic E-state index is -0.453. The first-order valence-electron chi connectivity index (χ1n) is 13.2. The zero-order valence-electron chi connectivity index (χ0n) is 23.1. The predicted octanol–water partition coefficient (Wildman–Crippen LogP) is 6.32. The fourth-order valence-corrected chi connectivity index (χ4v) is 5.61. The topological polar surface area (TPSA) is 76.7 Å². The van der Waals surface area contributed by atoms with E-state index in [-0.39, 0.29) is 17.6 Å². The van der Waals surface area contributed by atoms with Crippen molar-refractivity contribution in [2.75, 3.05) is 19.5 Å². The van der Waals surface area contributed by atoms with Crippen LogP contribution in [0.3, 0.4) is 0 Å². The van der Waals surface area contributed by atoms with Gasteiger partial charge in [0.2, 0.25) is 0 Å². The molecule has 0 saturated carbocycles. The summed E-state index contributed by atoms with van der Waals surface area (Å²) in [6.45, 7) is 5.96. The third-order valence-corrected chi connectivity index (χ3v) is 7.67. The first-order valence-corrected chi connectivity index (χ1v) is 13.2. The molecule has 1 aliphatic carbocycles. The van der Waals surface area contributed by atoms with Crippen LogP contribution in [0.2, 0.25) is 0 Å². The Morgan fingerprint density at radius 2 is 1.44 bits per heavy atom. The normalized spacial score (nSPS) is 18.8. The summed E-state index contributed by atoms with van der Waals surface area (Å²) in [5.74, 6) is 0.658. The van der Waals surface area contributed by atoms with Crippen LogP contribution in [0.4, 0.5) is 5.69 Å². The van der Waals surface area contributed by atoms with E-state index in [4.69, 9.17) is 9.47 Å². The van der Waals surface area contributed by atoms with E-state index >= 15 is 0 Å². The summed E-state index contributed by atoms with van der Waals surface area (Å²) in [6.07, 6.45) is 1.01. The molecule has 39 heavy (non-hydrogen) atoms. The number of anilines is 1. The van der Waals surface area contributed by atoms with Crippen molar-refractivity contribution in [1.29, 1.82) is 0 Å². The largest absolute Gasteiger partial charge is 0.493 e. The molecule has 1 heterocycles. The smallest absolute Gasteiger partial charge is 0.254 e. The number of carbonyl (C=O) groups excluding carboxylic acids is 2. The number of ether oxygens (including phenoxy) is 2. The molecule has 1 aliphatic heterocycles.